The van der Waals surface area contributed by atoms with Crippen molar-refractivity contribution in [2.24, 2.45) is 17.8 Å². The number of halogens is 2. The molecule has 2 aromatic carbocycles. The third-order valence-corrected chi connectivity index (χ3v) is 8.75. The van der Waals surface area contributed by atoms with Crippen LogP contribution in [0, 0.1) is 17.8 Å². The number of amides is 2. The van der Waals surface area contributed by atoms with Gasteiger partial charge in [0, 0.05) is 25.3 Å². The Hall–Kier alpha value is -3.60. The number of carbonyl (C=O) groups is 4. The van der Waals surface area contributed by atoms with Crippen LogP contribution in [0.15, 0.2) is 54.6 Å². The zero-order valence-electron chi connectivity index (χ0n) is 27.2. The van der Waals surface area contributed by atoms with Gasteiger partial charge in [-0.15, -0.1) is 0 Å². The third kappa shape index (κ3) is 9.95. The molecule has 0 radical (unpaired) electrons. The summed E-state index contributed by atoms with van der Waals surface area (Å²) in [5, 5.41) is 5.96. The number of rotatable bonds is 8. The number of ether oxygens (including phenoxy) is 4. The van der Waals surface area contributed by atoms with Crippen LogP contribution in [-0.2, 0) is 39.8 Å². The minimum atomic E-state index is -1.14. The van der Waals surface area contributed by atoms with E-state index >= 15 is 0 Å². The third-order valence-electron chi connectivity index (χ3n) is 8.19. The van der Waals surface area contributed by atoms with Gasteiger partial charge >= 0.3 is 11.9 Å². The van der Waals surface area contributed by atoms with Crippen molar-refractivity contribution in [3.05, 3.63) is 75.8 Å². The number of hydrogen-bond donors (Lipinski definition) is 2. The normalized spacial score (nSPS) is 26.6. The topological polar surface area (TPSA) is 133 Å². The number of epoxide rings is 1. The first kappa shape index (κ1) is 36.2. The van der Waals surface area contributed by atoms with Crippen molar-refractivity contribution in [3.63, 3.8) is 0 Å². The average molecular weight is 690 g/mol. The van der Waals surface area contributed by atoms with Gasteiger partial charge in [-0.25, -0.2) is 4.79 Å². The largest absolute Gasteiger partial charge is 0.494 e. The molecule has 1 saturated heterocycles. The molecule has 7 atom stereocenters. The summed E-state index contributed by atoms with van der Waals surface area (Å²) in [5.74, 6) is -3.11. The Kier molecular flexibility index (Phi) is 12.7. The molecule has 2 aromatic rings. The lowest BCUT2D eigenvalue weighted by Crippen LogP contribution is -2.49. The van der Waals surface area contributed by atoms with Crippen LogP contribution in [0.1, 0.15) is 57.8 Å². The standard InChI is InChI=1S/C35H42Cl2N2O8/c1-19(2)14-28-35(43)45-27(21(4)30-31(47-30)23-10-7-6-8-11-23)12-9-13-29(40)39-26(33(41)38-18-20(3)34(42)46-28)17-22-15-24(36)32(44-5)25(37)16-22/h6-11,13,15-16,19-21,26-28,30-31H,12,14,17-18H2,1-5H3,(H,38,41)(H,39,40)/t20-,21+,26-,27+,28+,30-,31-/m1/s1. The smallest absolute Gasteiger partial charge is 0.347 e. The maximum atomic E-state index is 13.5. The molecule has 0 unspecified atom stereocenters. The van der Waals surface area contributed by atoms with E-state index in [-0.39, 0.29) is 59.9 Å². The van der Waals surface area contributed by atoms with E-state index in [1.165, 1.54) is 13.2 Å². The number of cyclic esters (lactones) is 2. The Bertz CT molecular complexity index is 1440. The van der Waals surface area contributed by atoms with Gasteiger partial charge in [-0.2, -0.15) is 0 Å². The van der Waals surface area contributed by atoms with Crippen LogP contribution in [0.2, 0.25) is 10.0 Å². The van der Waals surface area contributed by atoms with Crippen molar-refractivity contribution in [2.75, 3.05) is 13.7 Å². The first-order valence-corrected chi connectivity index (χ1v) is 16.5. The number of hydrogen-bond acceptors (Lipinski definition) is 8. The number of carbonyl (C=O) groups excluding carboxylic acids is 4. The van der Waals surface area contributed by atoms with Crippen molar-refractivity contribution >= 4 is 47.0 Å². The second-order valence-electron chi connectivity index (χ2n) is 12.5. The predicted octanol–water partition coefficient (Wildman–Crippen LogP) is 5.39. The summed E-state index contributed by atoms with van der Waals surface area (Å²) in [6.07, 6.45) is 1.20. The second kappa shape index (κ2) is 16.5. The van der Waals surface area contributed by atoms with E-state index in [4.69, 9.17) is 42.1 Å². The van der Waals surface area contributed by atoms with Crippen LogP contribution in [-0.4, -0.2) is 61.8 Å². The van der Waals surface area contributed by atoms with Gasteiger partial charge in [-0.1, -0.05) is 87.3 Å². The van der Waals surface area contributed by atoms with E-state index < -0.39 is 47.9 Å². The molecule has 0 bridgehead atoms. The highest BCUT2D eigenvalue weighted by molar-refractivity contribution is 6.37. The predicted molar refractivity (Wildman–Crippen MR) is 177 cm³/mol. The number of benzene rings is 2. The molecule has 4 rings (SSSR count). The molecule has 2 aliphatic rings. The van der Waals surface area contributed by atoms with Crippen molar-refractivity contribution < 1.29 is 38.1 Å². The highest BCUT2D eigenvalue weighted by atomic mass is 35.5. The summed E-state index contributed by atoms with van der Waals surface area (Å²) in [6.45, 7) is 7.25. The lowest BCUT2D eigenvalue weighted by Gasteiger charge is -2.27. The first-order valence-electron chi connectivity index (χ1n) is 15.8. The minimum Gasteiger partial charge on any atom is -0.494 e. The summed E-state index contributed by atoms with van der Waals surface area (Å²) in [7, 11) is 1.44. The Morgan fingerprint density at radius 3 is 2.30 bits per heavy atom. The van der Waals surface area contributed by atoms with Crippen LogP contribution < -0.4 is 15.4 Å². The molecule has 0 spiro atoms. The summed E-state index contributed by atoms with van der Waals surface area (Å²) < 4.78 is 22.9. The van der Waals surface area contributed by atoms with E-state index in [9.17, 15) is 19.2 Å². The molecule has 2 amide bonds. The van der Waals surface area contributed by atoms with E-state index in [1.54, 1.807) is 25.1 Å². The zero-order chi connectivity index (χ0) is 34.2. The van der Waals surface area contributed by atoms with Gasteiger partial charge in [0.2, 0.25) is 11.8 Å². The molecule has 2 heterocycles. The maximum Gasteiger partial charge on any atom is 0.347 e. The van der Waals surface area contributed by atoms with Gasteiger partial charge in [0.25, 0.3) is 0 Å². The summed E-state index contributed by atoms with van der Waals surface area (Å²) >= 11 is 12.6. The van der Waals surface area contributed by atoms with Crippen LogP contribution >= 0.6 is 23.2 Å². The molecule has 2 aliphatic heterocycles. The molecular weight excluding hydrogens is 647 g/mol. The molecule has 0 aromatic heterocycles. The van der Waals surface area contributed by atoms with Crippen molar-refractivity contribution in [2.45, 2.75) is 77.4 Å². The van der Waals surface area contributed by atoms with Crippen molar-refractivity contribution in [3.8, 4) is 5.75 Å². The molecule has 0 saturated carbocycles. The lowest BCUT2D eigenvalue weighted by atomic mass is 9.93. The van der Waals surface area contributed by atoms with Gasteiger partial charge in [0.05, 0.1) is 29.2 Å². The fourth-order valence-corrected chi connectivity index (χ4v) is 6.16. The van der Waals surface area contributed by atoms with E-state index in [2.05, 4.69) is 10.6 Å². The highest BCUT2D eigenvalue weighted by Crippen LogP contribution is 2.45. The minimum absolute atomic E-state index is 0.0235. The van der Waals surface area contributed by atoms with Gasteiger partial charge in [-0.3, -0.25) is 14.4 Å². The summed E-state index contributed by atoms with van der Waals surface area (Å²) in [4.78, 5) is 53.1. The molecule has 10 nitrogen and oxygen atoms in total. The Labute approximate surface area is 285 Å². The fourth-order valence-electron chi connectivity index (χ4n) is 5.48. The summed E-state index contributed by atoms with van der Waals surface area (Å²) in [6, 6.07) is 11.9. The SMILES string of the molecule is COc1c(Cl)cc(C[C@H]2NC(=O)C=CC[C@@H]([C@H](C)[C@H]3O[C@@H]3c3ccccc3)OC(=O)[C@H](CC(C)C)OC(=O)[C@H](C)CNC2=O)cc1Cl. The maximum absolute atomic E-state index is 13.5. The second-order valence-corrected chi connectivity index (χ2v) is 13.3. The first-order chi connectivity index (χ1) is 22.4. The van der Waals surface area contributed by atoms with Gasteiger partial charge < -0.3 is 29.6 Å². The van der Waals surface area contributed by atoms with Crippen LogP contribution in [0.25, 0.3) is 0 Å². The molecule has 254 valence electrons. The van der Waals surface area contributed by atoms with Crippen LogP contribution in [0.5, 0.6) is 5.75 Å². The van der Waals surface area contributed by atoms with Crippen molar-refractivity contribution in [1.82, 2.24) is 10.6 Å². The number of nitrogens with one attached hydrogen (secondary N) is 2. The van der Waals surface area contributed by atoms with Crippen LogP contribution in [0.4, 0.5) is 0 Å². The van der Waals surface area contributed by atoms with E-state index in [0.717, 1.165) is 5.56 Å². The Morgan fingerprint density at radius 2 is 1.66 bits per heavy atom. The van der Waals surface area contributed by atoms with Gasteiger partial charge in [0.15, 0.2) is 11.9 Å². The lowest BCUT2D eigenvalue weighted by molar-refractivity contribution is -0.176. The van der Waals surface area contributed by atoms with Gasteiger partial charge in [-0.05, 0) is 41.7 Å². The van der Waals surface area contributed by atoms with Crippen molar-refractivity contribution in [1.29, 1.82) is 0 Å². The molecule has 2 N–H and O–H groups in total. The summed E-state index contributed by atoms with van der Waals surface area (Å²) in [5.41, 5.74) is 1.60. The molecule has 47 heavy (non-hydrogen) atoms. The number of methoxy groups -OCH3 is 1. The Balaban J connectivity index is 1.59. The number of esters is 2. The average Bonchev–Trinajstić information content (AvgIpc) is 3.83. The van der Waals surface area contributed by atoms with Gasteiger partial charge in [0.1, 0.15) is 18.2 Å². The van der Waals surface area contributed by atoms with E-state index in [0.29, 0.717) is 11.3 Å². The molecule has 12 heteroatoms. The van der Waals surface area contributed by atoms with E-state index in [1.807, 2.05) is 51.1 Å². The molecule has 0 aliphatic carbocycles. The quantitative estimate of drug-likeness (QED) is 0.279. The fraction of sp³-hybridized carbons (Fsp3) is 0.486. The Morgan fingerprint density at radius 1 is 0.979 bits per heavy atom. The monoisotopic (exact) mass is 688 g/mol. The zero-order valence-corrected chi connectivity index (χ0v) is 28.7. The molecule has 1 fully saturated rings. The molecular formula is C35H42Cl2N2O8. The van der Waals surface area contributed by atoms with Crippen LogP contribution in [0.3, 0.4) is 0 Å². The highest BCUT2D eigenvalue weighted by Gasteiger charge is 2.47.